The van der Waals surface area contributed by atoms with Crippen molar-refractivity contribution in [1.29, 1.82) is 0 Å². The molecule has 0 spiro atoms. The maximum Gasteiger partial charge on any atom is 0.231 e. The Morgan fingerprint density at radius 3 is 2.67 bits per heavy atom. The summed E-state index contributed by atoms with van der Waals surface area (Å²) in [6, 6.07) is 12.2. The molecule has 1 atom stereocenters. The molecule has 0 saturated carbocycles. The summed E-state index contributed by atoms with van der Waals surface area (Å²) in [5, 5.41) is 11.7. The number of pyridine rings is 1. The Balaban J connectivity index is 1.41. The standard InChI is InChI=1S/C30H30FN7O4S/c1-17-8-9-20-21(10-11-23(31)26(20)25-18(2)42-37-28(25)38-43(3,39)40)27(17)41-29-22(7-5-14-33-29)24-12-15-34-30(36-24)35-19-6-4-13-32-16-19/h5,7-12,14-15,19,32H,4,6,13,16H2,1-3H3,(H,37,38)(H,34,35,36)/t19-/m0/s1. The molecule has 4 heterocycles. The van der Waals surface area contributed by atoms with Crippen LogP contribution in [0, 0.1) is 19.7 Å². The van der Waals surface area contributed by atoms with Crippen molar-refractivity contribution in [3.05, 3.63) is 72.0 Å². The Labute approximate surface area is 248 Å². The molecule has 0 radical (unpaired) electrons. The molecule has 1 aliphatic rings. The number of rotatable bonds is 8. The molecule has 5 aromatic rings. The van der Waals surface area contributed by atoms with Crippen molar-refractivity contribution < 1.29 is 22.1 Å². The van der Waals surface area contributed by atoms with Crippen molar-refractivity contribution in [3.63, 3.8) is 0 Å². The highest BCUT2D eigenvalue weighted by atomic mass is 32.2. The molecule has 3 N–H and O–H groups in total. The van der Waals surface area contributed by atoms with Crippen molar-refractivity contribution in [2.45, 2.75) is 32.7 Å². The summed E-state index contributed by atoms with van der Waals surface area (Å²) < 4.78 is 53.5. The third-order valence-electron chi connectivity index (χ3n) is 7.22. The highest BCUT2D eigenvalue weighted by molar-refractivity contribution is 7.92. The van der Waals surface area contributed by atoms with Gasteiger partial charge in [0.05, 0.1) is 23.1 Å². The number of ether oxygens (including phenoxy) is 1. The van der Waals surface area contributed by atoms with Crippen LogP contribution >= 0.6 is 0 Å². The smallest absolute Gasteiger partial charge is 0.231 e. The summed E-state index contributed by atoms with van der Waals surface area (Å²) >= 11 is 0. The van der Waals surface area contributed by atoms with E-state index in [-0.39, 0.29) is 28.7 Å². The molecule has 2 aromatic carbocycles. The van der Waals surface area contributed by atoms with Gasteiger partial charge in [-0.15, -0.1) is 0 Å². The molecule has 1 saturated heterocycles. The van der Waals surface area contributed by atoms with Crippen LogP contribution in [0.4, 0.5) is 16.2 Å². The number of sulfonamides is 1. The van der Waals surface area contributed by atoms with Gasteiger partial charge in [-0.1, -0.05) is 17.3 Å². The lowest BCUT2D eigenvalue weighted by atomic mass is 9.95. The number of piperidine rings is 1. The van der Waals surface area contributed by atoms with Crippen LogP contribution in [0.2, 0.25) is 0 Å². The SMILES string of the molecule is Cc1ccc2c(-c3c(NS(C)(=O)=O)noc3C)c(F)ccc2c1Oc1ncccc1-c1ccnc(N[C@H]2CCCNC2)n1. The summed E-state index contributed by atoms with van der Waals surface area (Å²) in [6.07, 6.45) is 6.43. The van der Waals surface area contributed by atoms with Crippen molar-refractivity contribution in [2.24, 2.45) is 0 Å². The van der Waals surface area contributed by atoms with Gasteiger partial charge in [0.15, 0.2) is 5.82 Å². The second-order valence-corrected chi connectivity index (χ2v) is 12.2. The molecule has 13 heteroatoms. The van der Waals surface area contributed by atoms with Crippen LogP contribution in [0.1, 0.15) is 24.2 Å². The van der Waals surface area contributed by atoms with E-state index in [0.717, 1.165) is 37.8 Å². The van der Waals surface area contributed by atoms with Gasteiger partial charge in [0.2, 0.25) is 21.9 Å². The first kappa shape index (κ1) is 28.5. The zero-order chi connectivity index (χ0) is 30.1. The number of aryl methyl sites for hydroxylation is 2. The van der Waals surface area contributed by atoms with Gasteiger partial charge in [-0.2, -0.15) is 0 Å². The normalized spacial score (nSPS) is 15.4. The van der Waals surface area contributed by atoms with Gasteiger partial charge >= 0.3 is 0 Å². The topological polar surface area (TPSA) is 144 Å². The number of hydrogen-bond acceptors (Lipinski definition) is 10. The summed E-state index contributed by atoms with van der Waals surface area (Å²) in [5.41, 5.74) is 2.41. The zero-order valence-corrected chi connectivity index (χ0v) is 24.6. The minimum Gasteiger partial charge on any atom is -0.437 e. The monoisotopic (exact) mass is 603 g/mol. The number of nitrogens with zero attached hydrogens (tertiary/aromatic N) is 4. The molecule has 0 bridgehead atoms. The summed E-state index contributed by atoms with van der Waals surface area (Å²) in [4.78, 5) is 13.7. The van der Waals surface area contributed by atoms with Crippen molar-refractivity contribution >= 4 is 32.6 Å². The lowest BCUT2D eigenvalue weighted by Crippen LogP contribution is -2.38. The number of hydrogen-bond donors (Lipinski definition) is 3. The average molecular weight is 604 g/mol. The Morgan fingerprint density at radius 1 is 1.05 bits per heavy atom. The molecule has 1 aliphatic heterocycles. The van der Waals surface area contributed by atoms with Crippen LogP contribution in [0.25, 0.3) is 33.2 Å². The molecule has 43 heavy (non-hydrogen) atoms. The van der Waals surface area contributed by atoms with E-state index >= 15 is 4.39 Å². The van der Waals surface area contributed by atoms with E-state index in [1.165, 1.54) is 6.07 Å². The summed E-state index contributed by atoms with van der Waals surface area (Å²) in [6.45, 7) is 5.33. The van der Waals surface area contributed by atoms with Crippen LogP contribution in [0.15, 0.2) is 59.4 Å². The fourth-order valence-corrected chi connectivity index (χ4v) is 5.75. The molecular weight excluding hydrogens is 573 g/mol. The maximum absolute atomic E-state index is 15.5. The molecule has 1 fully saturated rings. The molecule has 0 unspecified atom stereocenters. The van der Waals surface area contributed by atoms with Gasteiger partial charge in [0.25, 0.3) is 0 Å². The third-order valence-corrected chi connectivity index (χ3v) is 7.79. The summed E-state index contributed by atoms with van der Waals surface area (Å²) in [7, 11) is -3.70. The fraction of sp³-hybridized carbons (Fsp3) is 0.267. The van der Waals surface area contributed by atoms with E-state index in [4.69, 9.17) is 14.2 Å². The second kappa shape index (κ2) is 11.6. The van der Waals surface area contributed by atoms with Gasteiger partial charge in [0, 0.05) is 35.9 Å². The van der Waals surface area contributed by atoms with E-state index in [2.05, 4.69) is 30.5 Å². The number of fused-ring (bicyclic) bond motifs is 1. The van der Waals surface area contributed by atoms with Crippen LogP contribution in [0.5, 0.6) is 11.6 Å². The van der Waals surface area contributed by atoms with Gasteiger partial charge in [-0.25, -0.2) is 27.8 Å². The third kappa shape index (κ3) is 5.99. The quantitative estimate of drug-likeness (QED) is 0.210. The predicted octanol–water partition coefficient (Wildman–Crippen LogP) is 5.43. The van der Waals surface area contributed by atoms with Crippen molar-refractivity contribution in [3.8, 4) is 34.0 Å². The van der Waals surface area contributed by atoms with Gasteiger partial charge in [-0.3, -0.25) is 4.72 Å². The number of nitrogens with one attached hydrogen (secondary N) is 3. The molecular formula is C30H30FN7O4S. The zero-order valence-electron chi connectivity index (χ0n) is 23.8. The van der Waals surface area contributed by atoms with Crippen LogP contribution in [-0.2, 0) is 10.0 Å². The Hall–Kier alpha value is -4.62. The lowest BCUT2D eigenvalue weighted by Gasteiger charge is -2.23. The predicted molar refractivity (Wildman–Crippen MR) is 162 cm³/mol. The minimum atomic E-state index is -3.70. The average Bonchev–Trinajstić information content (AvgIpc) is 3.33. The Bertz CT molecular complexity index is 1920. The molecule has 222 valence electrons. The largest absolute Gasteiger partial charge is 0.437 e. The van der Waals surface area contributed by atoms with Crippen LogP contribution in [0.3, 0.4) is 0 Å². The van der Waals surface area contributed by atoms with E-state index in [1.54, 1.807) is 49.6 Å². The first-order valence-corrected chi connectivity index (χ1v) is 15.7. The van der Waals surface area contributed by atoms with E-state index in [1.807, 2.05) is 13.0 Å². The van der Waals surface area contributed by atoms with Crippen molar-refractivity contribution in [2.75, 3.05) is 29.4 Å². The minimum absolute atomic E-state index is 0.0985. The Kier molecular flexibility index (Phi) is 7.67. The summed E-state index contributed by atoms with van der Waals surface area (Å²) in [5.74, 6) is 0.881. The Morgan fingerprint density at radius 2 is 1.88 bits per heavy atom. The molecule has 6 rings (SSSR count). The highest BCUT2D eigenvalue weighted by Gasteiger charge is 2.25. The number of anilines is 2. The van der Waals surface area contributed by atoms with Gasteiger partial charge < -0.3 is 19.9 Å². The van der Waals surface area contributed by atoms with E-state index in [0.29, 0.717) is 39.6 Å². The number of halogens is 1. The first-order chi connectivity index (χ1) is 20.7. The fourth-order valence-electron chi connectivity index (χ4n) is 5.26. The van der Waals surface area contributed by atoms with Crippen molar-refractivity contribution in [1.82, 2.24) is 25.4 Å². The maximum atomic E-state index is 15.5. The molecule has 11 nitrogen and oxygen atoms in total. The van der Waals surface area contributed by atoms with E-state index < -0.39 is 15.8 Å². The first-order valence-electron chi connectivity index (χ1n) is 13.8. The highest BCUT2D eigenvalue weighted by Crippen LogP contribution is 2.43. The second-order valence-electron chi connectivity index (χ2n) is 10.5. The lowest BCUT2D eigenvalue weighted by molar-refractivity contribution is 0.400. The molecule has 0 aliphatic carbocycles. The van der Waals surface area contributed by atoms with Gasteiger partial charge in [-0.05, 0) is 74.5 Å². The van der Waals surface area contributed by atoms with Crippen LogP contribution in [-0.4, -0.2) is 53.9 Å². The van der Waals surface area contributed by atoms with E-state index in [9.17, 15) is 8.42 Å². The van der Waals surface area contributed by atoms with Gasteiger partial charge in [0.1, 0.15) is 17.3 Å². The molecule has 0 amide bonds. The molecule has 3 aromatic heterocycles. The number of benzene rings is 2. The number of aromatic nitrogens is 4. The van der Waals surface area contributed by atoms with Crippen LogP contribution < -0.4 is 20.1 Å².